The molecule has 17 rings (SSSR count). The van der Waals surface area contributed by atoms with Crippen LogP contribution in [0.15, 0.2) is 147 Å². The highest BCUT2D eigenvalue weighted by molar-refractivity contribution is 5.86. The standard InChI is InChI=1S/C71H65FN22/c1-39-10-8-17-55(83-39)69-67(87-61(89-69)33-74-52-16-9-12-44-31-73-32-50(44)52)47-26-58(93-64(29-47)78-37-81-93)46-23-41(3)85-57(25-46)71-68(88-62(91-71)35-76-54-15-7-6-14-51(54)72)48-27-59(94-65(30-48)79-38-82-94)45-22-40(2)84-56(24-45)70-66(43-20-21-92-63(28-43)77-36-80-92)86-60(90-70)34-75-53-19-18-42-11-4-5-13-49(42)53/h4-5,8-13,16-17,20-30,36-38,51,53-54,73-76H,6-7,14-15,18-19,31-35H2,1-3H3,(H,86,90)(H,87,89)(H,88,91). The maximum absolute atomic E-state index is 15.5. The first-order valence-corrected chi connectivity index (χ1v) is 32.0. The summed E-state index contributed by atoms with van der Waals surface area (Å²) in [6.07, 6.45) is 10.8. The van der Waals surface area contributed by atoms with Crippen LogP contribution in [0.25, 0.3) is 107 Å². The highest BCUT2D eigenvalue weighted by Gasteiger charge is 2.29. The number of aryl methyl sites for hydroxylation is 4. The third-order valence-corrected chi connectivity index (χ3v) is 18.5. The number of benzene rings is 2. The highest BCUT2D eigenvalue weighted by atomic mass is 19.1. The summed E-state index contributed by atoms with van der Waals surface area (Å²) in [5.74, 6) is 2.16. The van der Waals surface area contributed by atoms with Crippen molar-refractivity contribution in [2.45, 2.75) is 110 Å². The smallest absolute Gasteiger partial charge is 0.156 e. The van der Waals surface area contributed by atoms with Crippen LogP contribution in [0.2, 0.25) is 0 Å². The highest BCUT2D eigenvalue weighted by Crippen LogP contribution is 2.40. The monoisotopic (exact) mass is 1240 g/mol. The number of H-pyrrole nitrogens is 3. The minimum absolute atomic E-state index is 0.210. The van der Waals surface area contributed by atoms with E-state index >= 15 is 4.39 Å². The molecule has 1 aliphatic heterocycles. The average Bonchev–Trinajstić information content (AvgIpc) is 1.52. The topological polar surface area (TPSA) is 263 Å². The largest absolute Gasteiger partial charge is 0.378 e. The van der Waals surface area contributed by atoms with Crippen LogP contribution in [-0.4, -0.2) is 101 Å². The number of aromatic nitrogens is 18. The van der Waals surface area contributed by atoms with Gasteiger partial charge < -0.3 is 36.2 Å². The minimum Gasteiger partial charge on any atom is -0.378 e. The summed E-state index contributed by atoms with van der Waals surface area (Å²) < 4.78 is 21.0. The van der Waals surface area contributed by atoms with Gasteiger partial charge in [0.1, 0.15) is 59.7 Å². The van der Waals surface area contributed by atoms with Crippen molar-refractivity contribution in [1.29, 1.82) is 0 Å². The molecule has 23 heteroatoms. The van der Waals surface area contributed by atoms with Gasteiger partial charge in [-0.15, -0.1) is 0 Å². The molecule has 1 fully saturated rings. The first kappa shape index (κ1) is 56.9. The van der Waals surface area contributed by atoms with E-state index in [9.17, 15) is 0 Å². The van der Waals surface area contributed by atoms with E-state index in [2.05, 4.69) is 125 Å². The zero-order valence-corrected chi connectivity index (χ0v) is 52.0. The Labute approximate surface area is 538 Å². The van der Waals surface area contributed by atoms with E-state index in [0.717, 1.165) is 142 Å². The van der Waals surface area contributed by atoms with Gasteiger partial charge in [-0.2, -0.15) is 15.3 Å². The van der Waals surface area contributed by atoms with E-state index in [1.54, 1.807) is 23.5 Å². The number of pyridine rings is 6. The number of nitrogens with one attached hydrogen (secondary N) is 7. The van der Waals surface area contributed by atoms with Crippen molar-refractivity contribution in [1.82, 2.24) is 105 Å². The van der Waals surface area contributed by atoms with Gasteiger partial charge in [0.2, 0.25) is 0 Å². The summed E-state index contributed by atoms with van der Waals surface area (Å²) in [7, 11) is 0. The molecule has 12 aromatic heterocycles. The molecule has 3 aliphatic rings. The lowest BCUT2D eigenvalue weighted by Gasteiger charge is -2.26. The van der Waals surface area contributed by atoms with Gasteiger partial charge in [-0.3, -0.25) is 15.0 Å². The van der Waals surface area contributed by atoms with E-state index < -0.39 is 6.17 Å². The second-order valence-electron chi connectivity index (χ2n) is 24.8. The molecule has 2 aliphatic carbocycles. The first-order valence-electron chi connectivity index (χ1n) is 32.0. The predicted octanol–water partition coefficient (Wildman–Crippen LogP) is 11.8. The van der Waals surface area contributed by atoms with Gasteiger partial charge in [0, 0.05) is 82.0 Å². The number of rotatable bonds is 17. The van der Waals surface area contributed by atoms with E-state index in [1.807, 2.05) is 78.5 Å². The fourth-order valence-electron chi connectivity index (χ4n) is 14.0. The fourth-order valence-corrected chi connectivity index (χ4v) is 14.0. The van der Waals surface area contributed by atoms with E-state index in [1.165, 1.54) is 22.3 Å². The molecule has 0 spiro atoms. The molecule has 0 amide bonds. The van der Waals surface area contributed by atoms with E-state index in [0.29, 0.717) is 77.3 Å². The predicted molar refractivity (Wildman–Crippen MR) is 356 cm³/mol. The van der Waals surface area contributed by atoms with Crippen LogP contribution < -0.4 is 21.3 Å². The second-order valence-corrected chi connectivity index (χ2v) is 24.8. The van der Waals surface area contributed by atoms with Gasteiger partial charge in [-0.05, 0) is 148 Å². The number of hydrogen-bond donors (Lipinski definition) is 7. The first-order chi connectivity index (χ1) is 46.1. The number of halogens is 1. The summed E-state index contributed by atoms with van der Waals surface area (Å²) in [6, 6.07) is 41.4. The molecule has 466 valence electrons. The van der Waals surface area contributed by atoms with E-state index in [4.69, 9.17) is 50.1 Å². The van der Waals surface area contributed by atoms with Crippen LogP contribution in [0.1, 0.15) is 95.0 Å². The van der Waals surface area contributed by atoms with Crippen LogP contribution in [0.3, 0.4) is 0 Å². The zero-order valence-electron chi connectivity index (χ0n) is 52.0. The Morgan fingerprint density at radius 3 is 1.80 bits per heavy atom. The number of fused-ring (bicyclic) bond motifs is 5. The number of hydrogen-bond acceptors (Lipinski definition) is 16. The van der Waals surface area contributed by atoms with Gasteiger partial charge in [-0.25, -0.2) is 47.8 Å². The molecule has 94 heavy (non-hydrogen) atoms. The number of aromatic amines is 3. The Bertz CT molecular complexity index is 5220. The Morgan fingerprint density at radius 1 is 0.500 bits per heavy atom. The van der Waals surface area contributed by atoms with Gasteiger partial charge in [0.05, 0.1) is 65.2 Å². The van der Waals surface area contributed by atoms with Crippen molar-refractivity contribution in [3.05, 3.63) is 203 Å². The van der Waals surface area contributed by atoms with Crippen LogP contribution in [0.5, 0.6) is 0 Å². The van der Waals surface area contributed by atoms with Crippen LogP contribution in [-0.2, 0) is 39.1 Å². The van der Waals surface area contributed by atoms with Crippen molar-refractivity contribution in [3.63, 3.8) is 0 Å². The average molecular weight is 1250 g/mol. The summed E-state index contributed by atoms with van der Waals surface area (Å²) in [6.45, 7) is 8.90. The normalized spacial score (nSPS) is 16.2. The Balaban J connectivity index is 0.763. The minimum atomic E-state index is -0.949. The number of imidazole rings is 3. The van der Waals surface area contributed by atoms with Gasteiger partial charge in [0.25, 0.3) is 0 Å². The molecule has 0 radical (unpaired) electrons. The van der Waals surface area contributed by atoms with Crippen molar-refractivity contribution >= 4 is 22.6 Å². The van der Waals surface area contributed by atoms with Gasteiger partial charge in [-0.1, -0.05) is 55.3 Å². The lowest BCUT2D eigenvalue weighted by molar-refractivity contribution is 0.187. The summed E-state index contributed by atoms with van der Waals surface area (Å²) in [4.78, 5) is 56.6. The van der Waals surface area contributed by atoms with Crippen molar-refractivity contribution < 1.29 is 4.39 Å². The number of anilines is 1. The van der Waals surface area contributed by atoms with Crippen LogP contribution in [0, 0.1) is 20.8 Å². The molecule has 0 saturated heterocycles. The molecule has 22 nitrogen and oxygen atoms in total. The van der Waals surface area contributed by atoms with Crippen LogP contribution >= 0.6 is 0 Å². The van der Waals surface area contributed by atoms with E-state index in [-0.39, 0.29) is 12.1 Å². The SMILES string of the molecule is Cc1cccc(-c2nc(CNc3cccc4c3CNC4)[nH]c2-c2cc(-c3cc(C)nc(-c4nc(CNC5CCCCC5F)[nH]c4-c4cc(-c5cc(C)nc(-c6nc(CNC7CCc8ccccc87)[nH]c6-c6ccn7ncnc7c6)c5)n5ncnc5c4)c3)n3ncnc3c2)n1. The maximum atomic E-state index is 15.5. The molecular formula is C71H65FN22. The molecular weight excluding hydrogens is 1180 g/mol. The Kier molecular flexibility index (Phi) is 14.3. The van der Waals surface area contributed by atoms with Crippen LogP contribution in [0.4, 0.5) is 10.1 Å². The van der Waals surface area contributed by atoms with Crippen molar-refractivity contribution in [2.75, 3.05) is 5.32 Å². The lowest BCUT2D eigenvalue weighted by Crippen LogP contribution is -2.39. The molecule has 13 heterocycles. The number of alkyl halides is 1. The second kappa shape index (κ2) is 23.6. The summed E-state index contributed by atoms with van der Waals surface area (Å²) in [5, 5.41) is 28.4. The third-order valence-electron chi connectivity index (χ3n) is 18.5. The third kappa shape index (κ3) is 10.7. The molecule has 1 saturated carbocycles. The van der Waals surface area contributed by atoms with Gasteiger partial charge >= 0.3 is 0 Å². The van der Waals surface area contributed by atoms with Crippen molar-refractivity contribution in [2.24, 2.45) is 0 Å². The quantitative estimate of drug-likeness (QED) is 0.0447. The molecule has 2 aromatic carbocycles. The zero-order chi connectivity index (χ0) is 63.0. The molecule has 7 N–H and O–H groups in total. The van der Waals surface area contributed by atoms with Gasteiger partial charge in [0.15, 0.2) is 16.9 Å². The lowest BCUT2D eigenvalue weighted by atomic mass is 9.94. The molecule has 14 aromatic rings. The number of nitrogens with zero attached hydrogens (tertiary/aromatic N) is 15. The van der Waals surface area contributed by atoms with Crippen molar-refractivity contribution in [3.8, 4) is 90.5 Å². The molecule has 3 unspecified atom stereocenters. The maximum Gasteiger partial charge on any atom is 0.156 e. The fraction of sp³-hybridized carbons (Fsp3) is 0.239. The Hall–Kier alpha value is -11.0. The molecule has 3 atom stereocenters. The summed E-state index contributed by atoms with van der Waals surface area (Å²) in [5.41, 5.74) is 22.8. The molecule has 0 bridgehead atoms. The summed E-state index contributed by atoms with van der Waals surface area (Å²) >= 11 is 0. The Morgan fingerprint density at radius 2 is 1.10 bits per heavy atom.